The maximum absolute atomic E-state index is 12.6. The minimum atomic E-state index is 0.0712. The number of anilines is 1. The Labute approximate surface area is 114 Å². The summed E-state index contributed by atoms with van der Waals surface area (Å²) >= 11 is 0. The second-order valence-electron chi connectivity index (χ2n) is 4.99. The van der Waals surface area contributed by atoms with Crippen molar-refractivity contribution in [1.82, 2.24) is 0 Å². The largest absolute Gasteiger partial charge is 0.382 e. The Balaban J connectivity index is 2.46. The topological polar surface area (TPSA) is 29.1 Å². The molecule has 0 fully saturated rings. The lowest BCUT2D eigenvalue weighted by Gasteiger charge is -2.16. The van der Waals surface area contributed by atoms with Gasteiger partial charge in [0.1, 0.15) is 0 Å². The maximum atomic E-state index is 12.6. The first-order valence-electron chi connectivity index (χ1n) is 6.55. The third-order valence-corrected chi connectivity index (χ3v) is 2.98. The Bertz CT molecular complexity index is 573. The molecule has 19 heavy (non-hydrogen) atoms. The summed E-state index contributed by atoms with van der Waals surface area (Å²) in [6.07, 6.45) is 0. The summed E-state index contributed by atoms with van der Waals surface area (Å²) in [6, 6.07) is 15.6. The first kappa shape index (κ1) is 13.3. The predicted octanol–water partition coefficient (Wildman–Crippen LogP) is 4.05. The number of benzene rings is 2. The average molecular weight is 253 g/mol. The van der Waals surface area contributed by atoms with Gasteiger partial charge >= 0.3 is 0 Å². The Hall–Kier alpha value is -2.09. The Kier molecular flexibility index (Phi) is 4.00. The van der Waals surface area contributed by atoms with Crippen molar-refractivity contribution in [2.24, 2.45) is 0 Å². The van der Waals surface area contributed by atoms with Crippen LogP contribution in [0.2, 0.25) is 0 Å². The van der Waals surface area contributed by atoms with Crippen LogP contribution in [0.4, 0.5) is 5.69 Å². The lowest BCUT2D eigenvalue weighted by Crippen LogP contribution is -2.15. The van der Waals surface area contributed by atoms with E-state index in [0.717, 1.165) is 22.4 Å². The van der Waals surface area contributed by atoms with Gasteiger partial charge < -0.3 is 5.32 Å². The van der Waals surface area contributed by atoms with Crippen LogP contribution in [0.25, 0.3) is 0 Å². The number of ketones is 1. The van der Waals surface area contributed by atoms with Gasteiger partial charge in [-0.15, -0.1) is 0 Å². The maximum Gasteiger partial charge on any atom is 0.195 e. The van der Waals surface area contributed by atoms with Crippen molar-refractivity contribution in [2.75, 3.05) is 5.32 Å². The summed E-state index contributed by atoms with van der Waals surface area (Å²) in [6.45, 7) is 6.11. The fraction of sp³-hybridized carbons (Fsp3) is 0.235. The molecule has 0 aliphatic carbocycles. The average Bonchev–Trinajstić information content (AvgIpc) is 2.38. The molecule has 0 heterocycles. The second kappa shape index (κ2) is 5.70. The van der Waals surface area contributed by atoms with Crippen LogP contribution < -0.4 is 5.32 Å². The summed E-state index contributed by atoms with van der Waals surface area (Å²) in [4.78, 5) is 12.6. The summed E-state index contributed by atoms with van der Waals surface area (Å²) < 4.78 is 0. The van der Waals surface area contributed by atoms with Crippen molar-refractivity contribution in [3.8, 4) is 0 Å². The highest BCUT2D eigenvalue weighted by molar-refractivity contribution is 6.13. The molecule has 0 aliphatic heterocycles. The molecule has 0 unspecified atom stereocenters. The van der Waals surface area contributed by atoms with E-state index in [9.17, 15) is 4.79 Å². The number of carbonyl (C=O) groups excluding carboxylic acids is 1. The normalized spacial score (nSPS) is 10.5. The highest BCUT2D eigenvalue weighted by atomic mass is 16.1. The number of rotatable bonds is 4. The number of nitrogens with one attached hydrogen (secondary N) is 1. The molecule has 2 heteroatoms. The Morgan fingerprint density at radius 3 is 2.32 bits per heavy atom. The second-order valence-corrected chi connectivity index (χ2v) is 4.99. The molecular formula is C17H19NO. The van der Waals surface area contributed by atoms with Crippen LogP contribution in [0.3, 0.4) is 0 Å². The van der Waals surface area contributed by atoms with Crippen LogP contribution in [0.5, 0.6) is 0 Å². The van der Waals surface area contributed by atoms with Gasteiger partial charge in [-0.1, -0.05) is 42.5 Å². The molecule has 2 aromatic rings. The van der Waals surface area contributed by atoms with Crippen molar-refractivity contribution in [2.45, 2.75) is 26.8 Å². The monoisotopic (exact) mass is 253 g/mol. The standard InChI is InChI=1S/C17H19NO/c1-12(2)18-15-11-7-8-13(3)16(15)17(19)14-9-5-4-6-10-14/h4-12,18H,1-3H3. The van der Waals surface area contributed by atoms with E-state index in [2.05, 4.69) is 19.2 Å². The molecule has 0 amide bonds. The summed E-state index contributed by atoms with van der Waals surface area (Å²) in [7, 11) is 0. The van der Waals surface area contributed by atoms with Crippen LogP contribution in [0.15, 0.2) is 48.5 Å². The molecule has 2 nitrogen and oxygen atoms in total. The molecule has 0 saturated heterocycles. The quantitative estimate of drug-likeness (QED) is 0.833. The SMILES string of the molecule is Cc1cccc(NC(C)C)c1C(=O)c1ccccc1. The van der Waals surface area contributed by atoms with Gasteiger partial charge in [-0.3, -0.25) is 4.79 Å². The fourth-order valence-electron chi connectivity index (χ4n) is 2.13. The number of hydrogen-bond donors (Lipinski definition) is 1. The highest BCUT2D eigenvalue weighted by Crippen LogP contribution is 2.23. The van der Waals surface area contributed by atoms with E-state index in [-0.39, 0.29) is 5.78 Å². The molecule has 2 aromatic carbocycles. The van der Waals surface area contributed by atoms with Gasteiger partial charge in [0.05, 0.1) is 0 Å². The Morgan fingerprint density at radius 1 is 1.00 bits per heavy atom. The molecule has 0 radical (unpaired) electrons. The molecule has 0 aliphatic rings. The third-order valence-electron chi connectivity index (χ3n) is 2.98. The first-order chi connectivity index (χ1) is 9.09. The molecule has 2 rings (SSSR count). The minimum absolute atomic E-state index is 0.0712. The summed E-state index contributed by atoms with van der Waals surface area (Å²) in [5.41, 5.74) is 3.40. The summed E-state index contributed by atoms with van der Waals surface area (Å²) in [5.74, 6) is 0.0712. The zero-order chi connectivity index (χ0) is 13.8. The van der Waals surface area contributed by atoms with E-state index in [0.29, 0.717) is 6.04 Å². The molecule has 1 N–H and O–H groups in total. The van der Waals surface area contributed by atoms with Gasteiger partial charge in [-0.05, 0) is 32.4 Å². The van der Waals surface area contributed by atoms with Gasteiger partial charge in [-0.25, -0.2) is 0 Å². The number of aryl methyl sites for hydroxylation is 1. The fourth-order valence-corrected chi connectivity index (χ4v) is 2.13. The molecule has 0 spiro atoms. The predicted molar refractivity (Wildman–Crippen MR) is 79.8 cm³/mol. The molecule has 0 saturated carbocycles. The third kappa shape index (κ3) is 3.02. The molecule has 0 bridgehead atoms. The van der Waals surface area contributed by atoms with Gasteiger partial charge in [0.2, 0.25) is 0 Å². The van der Waals surface area contributed by atoms with Crippen LogP contribution in [0, 0.1) is 6.92 Å². The molecule has 98 valence electrons. The molecule has 0 aromatic heterocycles. The van der Waals surface area contributed by atoms with Crippen LogP contribution in [-0.2, 0) is 0 Å². The highest BCUT2D eigenvalue weighted by Gasteiger charge is 2.16. The van der Waals surface area contributed by atoms with E-state index >= 15 is 0 Å². The van der Waals surface area contributed by atoms with Crippen molar-refractivity contribution >= 4 is 11.5 Å². The van der Waals surface area contributed by atoms with Gasteiger partial charge in [0.25, 0.3) is 0 Å². The summed E-state index contributed by atoms with van der Waals surface area (Å²) in [5, 5.41) is 3.34. The van der Waals surface area contributed by atoms with Crippen LogP contribution >= 0.6 is 0 Å². The van der Waals surface area contributed by atoms with E-state index in [1.165, 1.54) is 0 Å². The zero-order valence-corrected chi connectivity index (χ0v) is 11.6. The van der Waals surface area contributed by atoms with Crippen LogP contribution in [-0.4, -0.2) is 11.8 Å². The number of carbonyl (C=O) groups is 1. The van der Waals surface area contributed by atoms with Crippen molar-refractivity contribution in [3.05, 3.63) is 65.2 Å². The van der Waals surface area contributed by atoms with Gasteiger partial charge in [-0.2, -0.15) is 0 Å². The van der Waals surface area contributed by atoms with Crippen molar-refractivity contribution in [1.29, 1.82) is 0 Å². The van der Waals surface area contributed by atoms with Gasteiger partial charge in [0.15, 0.2) is 5.78 Å². The van der Waals surface area contributed by atoms with E-state index in [1.807, 2.05) is 55.5 Å². The van der Waals surface area contributed by atoms with E-state index < -0.39 is 0 Å². The smallest absolute Gasteiger partial charge is 0.195 e. The molecular weight excluding hydrogens is 234 g/mol. The Morgan fingerprint density at radius 2 is 1.68 bits per heavy atom. The van der Waals surface area contributed by atoms with Gasteiger partial charge in [0, 0.05) is 22.9 Å². The van der Waals surface area contributed by atoms with Crippen molar-refractivity contribution in [3.63, 3.8) is 0 Å². The van der Waals surface area contributed by atoms with E-state index in [4.69, 9.17) is 0 Å². The zero-order valence-electron chi connectivity index (χ0n) is 11.6. The van der Waals surface area contributed by atoms with Crippen LogP contribution in [0.1, 0.15) is 35.3 Å². The van der Waals surface area contributed by atoms with E-state index in [1.54, 1.807) is 0 Å². The lowest BCUT2D eigenvalue weighted by atomic mass is 9.97. The lowest BCUT2D eigenvalue weighted by molar-refractivity contribution is 0.103. The number of hydrogen-bond acceptors (Lipinski definition) is 2. The molecule has 0 atom stereocenters. The minimum Gasteiger partial charge on any atom is -0.382 e. The van der Waals surface area contributed by atoms with Crippen molar-refractivity contribution < 1.29 is 4.79 Å². The first-order valence-corrected chi connectivity index (χ1v) is 6.55.